The lowest BCUT2D eigenvalue weighted by molar-refractivity contribution is 0.0491. The molecule has 3 rings (SSSR count). The first kappa shape index (κ1) is 16.8. The fraction of sp³-hybridized carbons (Fsp3) is 0.267. The highest BCUT2D eigenvalue weighted by molar-refractivity contribution is 9.10. The van der Waals surface area contributed by atoms with E-state index in [1.165, 1.54) is 16.4 Å². The van der Waals surface area contributed by atoms with Crippen LogP contribution in [0.2, 0.25) is 0 Å². The smallest absolute Gasteiger partial charge is 0.374 e. The van der Waals surface area contributed by atoms with Gasteiger partial charge in [0.1, 0.15) is 11.4 Å². The molecule has 2 heterocycles. The molecule has 0 amide bonds. The summed E-state index contributed by atoms with van der Waals surface area (Å²) in [5.74, 6) is 6.66. The van der Waals surface area contributed by atoms with Crippen molar-refractivity contribution in [3.63, 3.8) is 0 Å². The maximum Gasteiger partial charge on any atom is 0.374 e. The average molecular weight is 411 g/mol. The fourth-order valence-electron chi connectivity index (χ4n) is 2.21. The molecule has 0 saturated heterocycles. The van der Waals surface area contributed by atoms with Gasteiger partial charge < -0.3 is 15.0 Å². The second kappa shape index (κ2) is 6.86. The molecule has 0 saturated carbocycles. The number of aryl methyl sites for hydroxylation is 1. The highest BCUT2D eigenvalue weighted by Gasteiger charge is 2.22. The minimum Gasteiger partial charge on any atom is -0.460 e. The van der Waals surface area contributed by atoms with Crippen molar-refractivity contribution in [2.45, 2.75) is 24.8 Å². The zero-order valence-electron chi connectivity index (χ0n) is 13.1. The third-order valence-electron chi connectivity index (χ3n) is 3.39. The molecule has 7 nitrogen and oxygen atoms in total. The Labute approximate surface area is 150 Å². The zero-order chi connectivity index (χ0) is 17.3. The Morgan fingerprint density at radius 2 is 2.25 bits per heavy atom. The number of ether oxygens (including phenoxy) is 1. The molecule has 24 heavy (non-hydrogen) atoms. The van der Waals surface area contributed by atoms with E-state index in [0.717, 1.165) is 15.4 Å². The number of carbonyl (C=O) groups excluding carboxylic acids is 1. The molecule has 2 aromatic heterocycles. The summed E-state index contributed by atoms with van der Waals surface area (Å²) in [5.41, 5.74) is 1.37. The van der Waals surface area contributed by atoms with Gasteiger partial charge in [0.25, 0.3) is 0 Å². The summed E-state index contributed by atoms with van der Waals surface area (Å²) >= 11 is 4.82. The number of nitrogens with zero attached hydrogens (tertiary/aromatic N) is 3. The van der Waals surface area contributed by atoms with E-state index in [4.69, 9.17) is 15.0 Å². The van der Waals surface area contributed by atoms with Crippen molar-refractivity contribution in [1.82, 2.24) is 14.9 Å². The number of fused-ring (bicyclic) bond motifs is 1. The number of rotatable bonds is 5. The van der Waals surface area contributed by atoms with Crippen molar-refractivity contribution in [3.8, 4) is 0 Å². The SMILES string of the molecule is CCOC(=O)c1oc2ccc(Br)cc2c1CSc1nnc(C)n1N. The van der Waals surface area contributed by atoms with Gasteiger partial charge in [-0.05, 0) is 32.0 Å². The minimum absolute atomic E-state index is 0.206. The van der Waals surface area contributed by atoms with Gasteiger partial charge in [-0.2, -0.15) is 0 Å². The molecule has 0 aliphatic carbocycles. The van der Waals surface area contributed by atoms with Gasteiger partial charge in [-0.1, -0.05) is 27.7 Å². The summed E-state index contributed by atoms with van der Waals surface area (Å²) in [6.07, 6.45) is 0. The molecule has 0 aliphatic heterocycles. The predicted molar refractivity (Wildman–Crippen MR) is 94.3 cm³/mol. The Morgan fingerprint density at radius 3 is 2.92 bits per heavy atom. The van der Waals surface area contributed by atoms with Crippen LogP contribution in [-0.4, -0.2) is 27.4 Å². The van der Waals surface area contributed by atoms with Crippen molar-refractivity contribution >= 4 is 44.6 Å². The van der Waals surface area contributed by atoms with Gasteiger partial charge in [0.2, 0.25) is 10.9 Å². The average Bonchev–Trinajstić information content (AvgIpc) is 3.07. The van der Waals surface area contributed by atoms with E-state index < -0.39 is 5.97 Å². The maximum absolute atomic E-state index is 12.2. The molecular formula is C15H15BrN4O3S. The number of esters is 1. The lowest BCUT2D eigenvalue weighted by Gasteiger charge is -2.03. The quantitative estimate of drug-likeness (QED) is 0.391. The first-order valence-electron chi connectivity index (χ1n) is 7.19. The monoisotopic (exact) mass is 410 g/mol. The molecule has 0 bridgehead atoms. The molecule has 3 aromatic rings. The number of hydrogen-bond acceptors (Lipinski definition) is 7. The van der Waals surface area contributed by atoms with Crippen LogP contribution in [0.1, 0.15) is 28.9 Å². The Hall–Kier alpha value is -2.00. The highest BCUT2D eigenvalue weighted by atomic mass is 79.9. The summed E-state index contributed by atoms with van der Waals surface area (Å²) < 4.78 is 13.1. The van der Waals surface area contributed by atoms with Crippen LogP contribution in [0.3, 0.4) is 0 Å². The van der Waals surface area contributed by atoms with Crippen LogP contribution < -0.4 is 5.84 Å². The number of hydrogen-bond donors (Lipinski definition) is 1. The molecule has 0 spiro atoms. The summed E-state index contributed by atoms with van der Waals surface area (Å²) in [5, 5.41) is 9.35. The molecule has 0 fully saturated rings. The molecule has 126 valence electrons. The van der Waals surface area contributed by atoms with Gasteiger partial charge >= 0.3 is 5.97 Å². The number of nitrogens with two attached hydrogens (primary N) is 1. The van der Waals surface area contributed by atoms with Crippen molar-refractivity contribution in [2.24, 2.45) is 0 Å². The first-order chi connectivity index (χ1) is 11.5. The van der Waals surface area contributed by atoms with Crippen LogP contribution >= 0.6 is 27.7 Å². The number of aromatic nitrogens is 3. The third-order valence-corrected chi connectivity index (χ3v) is 4.86. The lowest BCUT2D eigenvalue weighted by Crippen LogP contribution is -2.11. The van der Waals surface area contributed by atoms with E-state index in [2.05, 4.69) is 26.1 Å². The second-order valence-electron chi connectivity index (χ2n) is 4.96. The molecule has 0 unspecified atom stereocenters. The van der Waals surface area contributed by atoms with E-state index >= 15 is 0 Å². The van der Waals surface area contributed by atoms with Crippen LogP contribution in [0, 0.1) is 6.92 Å². The number of benzene rings is 1. The van der Waals surface area contributed by atoms with E-state index in [0.29, 0.717) is 22.3 Å². The fourth-order valence-corrected chi connectivity index (χ4v) is 3.50. The van der Waals surface area contributed by atoms with Crippen LogP contribution in [0.25, 0.3) is 11.0 Å². The van der Waals surface area contributed by atoms with Gasteiger partial charge in [0.05, 0.1) is 6.61 Å². The third kappa shape index (κ3) is 3.13. The number of thioether (sulfide) groups is 1. The summed E-state index contributed by atoms with van der Waals surface area (Å²) in [6.45, 7) is 3.80. The summed E-state index contributed by atoms with van der Waals surface area (Å²) in [7, 11) is 0. The largest absolute Gasteiger partial charge is 0.460 e. The second-order valence-corrected chi connectivity index (χ2v) is 6.82. The molecule has 0 aliphatic rings. The van der Waals surface area contributed by atoms with E-state index in [1.807, 2.05) is 18.2 Å². The van der Waals surface area contributed by atoms with Gasteiger partial charge in [0, 0.05) is 21.2 Å². The zero-order valence-corrected chi connectivity index (χ0v) is 15.5. The normalized spacial score (nSPS) is 11.1. The van der Waals surface area contributed by atoms with Crippen molar-refractivity contribution < 1.29 is 13.9 Å². The van der Waals surface area contributed by atoms with E-state index in [1.54, 1.807) is 13.8 Å². The minimum atomic E-state index is -0.481. The lowest BCUT2D eigenvalue weighted by atomic mass is 10.1. The highest BCUT2D eigenvalue weighted by Crippen LogP contribution is 2.33. The van der Waals surface area contributed by atoms with Crippen LogP contribution in [0.5, 0.6) is 0 Å². The maximum atomic E-state index is 12.2. The van der Waals surface area contributed by atoms with Gasteiger partial charge in [-0.3, -0.25) is 0 Å². The predicted octanol–water partition coefficient (Wildman–Crippen LogP) is 3.28. The molecular weight excluding hydrogens is 396 g/mol. The van der Waals surface area contributed by atoms with Crippen molar-refractivity contribution in [2.75, 3.05) is 12.4 Å². The Morgan fingerprint density at radius 1 is 1.46 bits per heavy atom. The van der Waals surface area contributed by atoms with E-state index in [-0.39, 0.29) is 12.4 Å². The van der Waals surface area contributed by atoms with E-state index in [9.17, 15) is 4.79 Å². The van der Waals surface area contributed by atoms with Crippen molar-refractivity contribution in [1.29, 1.82) is 0 Å². The molecule has 1 aromatic carbocycles. The topological polar surface area (TPSA) is 96.2 Å². The Kier molecular flexibility index (Phi) is 4.81. The first-order valence-corrected chi connectivity index (χ1v) is 8.97. The molecule has 0 radical (unpaired) electrons. The standard InChI is InChI=1S/C15H15BrN4O3S/c1-3-22-14(21)13-11(7-24-15-19-18-8(2)20(15)17)10-6-9(16)4-5-12(10)23-13/h4-6H,3,7,17H2,1-2H3. The van der Waals surface area contributed by atoms with Gasteiger partial charge in [0.15, 0.2) is 0 Å². The molecule has 0 atom stereocenters. The number of halogens is 1. The van der Waals surface area contributed by atoms with Crippen LogP contribution in [0.15, 0.2) is 32.2 Å². The molecule has 9 heteroatoms. The van der Waals surface area contributed by atoms with Crippen LogP contribution in [-0.2, 0) is 10.5 Å². The summed E-state index contributed by atoms with van der Waals surface area (Å²) in [4.78, 5) is 12.2. The summed E-state index contributed by atoms with van der Waals surface area (Å²) in [6, 6.07) is 5.58. The molecule has 2 N–H and O–H groups in total. The van der Waals surface area contributed by atoms with Crippen LogP contribution in [0.4, 0.5) is 0 Å². The number of carbonyl (C=O) groups is 1. The number of nitrogen functional groups attached to an aromatic ring is 1. The van der Waals surface area contributed by atoms with Gasteiger partial charge in [-0.15, -0.1) is 10.2 Å². The van der Waals surface area contributed by atoms with Gasteiger partial charge in [-0.25, -0.2) is 9.47 Å². The Bertz CT molecular complexity index is 906. The Balaban J connectivity index is 1.99. The number of furan rings is 1. The van der Waals surface area contributed by atoms with Crippen molar-refractivity contribution in [3.05, 3.63) is 39.8 Å².